The molecular formula is C20H17ClN4O3. The monoisotopic (exact) mass is 396 g/mol. The molecule has 3 rings (SSSR count). The largest absolute Gasteiger partial charge is 0.462 e. The van der Waals surface area contributed by atoms with Crippen molar-refractivity contribution in [3.05, 3.63) is 76.9 Å². The third kappa shape index (κ3) is 4.63. The molecule has 1 amide bonds. The molecular weight excluding hydrogens is 380 g/mol. The topological polar surface area (TPSA) is 93.2 Å². The number of carbonyl (C=O) groups excluding carboxylic acids is 2. The van der Waals surface area contributed by atoms with Crippen molar-refractivity contribution in [1.29, 1.82) is 0 Å². The molecule has 3 aromatic rings. The average Bonchev–Trinajstić information content (AvgIpc) is 2.71. The number of anilines is 3. The molecule has 0 radical (unpaired) electrons. The second-order valence-electron chi connectivity index (χ2n) is 5.63. The average molecular weight is 397 g/mol. The van der Waals surface area contributed by atoms with E-state index in [0.717, 1.165) is 0 Å². The highest BCUT2D eigenvalue weighted by atomic mass is 35.5. The number of nitrogens with zero attached hydrogens (tertiary/aromatic N) is 2. The maximum Gasteiger partial charge on any atom is 0.340 e. The summed E-state index contributed by atoms with van der Waals surface area (Å²) in [5.41, 5.74) is 1.39. The van der Waals surface area contributed by atoms with Gasteiger partial charge in [0.15, 0.2) is 11.5 Å². The smallest absolute Gasteiger partial charge is 0.340 e. The van der Waals surface area contributed by atoms with Crippen molar-refractivity contribution < 1.29 is 14.3 Å². The molecule has 0 unspecified atom stereocenters. The van der Waals surface area contributed by atoms with Crippen LogP contribution < -0.4 is 10.6 Å². The van der Waals surface area contributed by atoms with Crippen molar-refractivity contribution in [3.8, 4) is 0 Å². The van der Waals surface area contributed by atoms with Gasteiger partial charge in [0.1, 0.15) is 0 Å². The van der Waals surface area contributed by atoms with Crippen LogP contribution in [-0.2, 0) is 4.74 Å². The Morgan fingerprint density at radius 3 is 2.36 bits per heavy atom. The van der Waals surface area contributed by atoms with Gasteiger partial charge in [0.2, 0.25) is 0 Å². The van der Waals surface area contributed by atoms with Crippen molar-refractivity contribution in [3.63, 3.8) is 0 Å². The van der Waals surface area contributed by atoms with Crippen molar-refractivity contribution in [2.75, 3.05) is 17.2 Å². The number of esters is 1. The van der Waals surface area contributed by atoms with Crippen LogP contribution >= 0.6 is 11.6 Å². The molecule has 0 saturated carbocycles. The van der Waals surface area contributed by atoms with E-state index in [-0.39, 0.29) is 17.9 Å². The molecule has 1 heterocycles. The predicted octanol–water partition coefficient (Wildman–Crippen LogP) is 4.30. The normalized spacial score (nSPS) is 10.2. The highest BCUT2D eigenvalue weighted by molar-refractivity contribution is 6.33. The Morgan fingerprint density at radius 2 is 1.68 bits per heavy atom. The van der Waals surface area contributed by atoms with Crippen LogP contribution in [0.2, 0.25) is 5.02 Å². The number of halogens is 1. The van der Waals surface area contributed by atoms with E-state index in [1.165, 1.54) is 6.07 Å². The standard InChI is InChI=1S/C20H17ClN4O3/c1-2-28-20(27)13-7-3-5-9-15(13)23-19(26)17-11-12-18(25-24-17)22-16-10-6-4-8-14(16)21/h3-12H,2H2,1H3,(H,22,25)(H,23,26). The summed E-state index contributed by atoms with van der Waals surface area (Å²) in [6, 6.07) is 16.9. The lowest BCUT2D eigenvalue weighted by molar-refractivity contribution is 0.0527. The summed E-state index contributed by atoms with van der Waals surface area (Å²) in [6.45, 7) is 1.96. The van der Waals surface area contributed by atoms with Crippen LogP contribution in [0.15, 0.2) is 60.7 Å². The summed E-state index contributed by atoms with van der Waals surface area (Å²) >= 11 is 6.10. The van der Waals surface area contributed by atoms with E-state index in [9.17, 15) is 9.59 Å². The summed E-state index contributed by atoms with van der Waals surface area (Å²) in [5.74, 6) is -0.561. The number of rotatable bonds is 6. The number of benzene rings is 2. The van der Waals surface area contributed by atoms with E-state index < -0.39 is 11.9 Å². The van der Waals surface area contributed by atoms with Crippen molar-refractivity contribution in [2.45, 2.75) is 6.92 Å². The van der Waals surface area contributed by atoms with Gasteiger partial charge in [-0.1, -0.05) is 35.9 Å². The molecule has 0 aliphatic heterocycles. The molecule has 28 heavy (non-hydrogen) atoms. The number of amides is 1. The van der Waals surface area contributed by atoms with Crippen LogP contribution in [0.25, 0.3) is 0 Å². The zero-order chi connectivity index (χ0) is 19.9. The highest BCUT2D eigenvalue weighted by Crippen LogP contribution is 2.23. The van der Waals surface area contributed by atoms with Gasteiger partial charge >= 0.3 is 5.97 Å². The number of hydrogen-bond donors (Lipinski definition) is 2. The maximum absolute atomic E-state index is 12.5. The summed E-state index contributed by atoms with van der Waals surface area (Å²) in [4.78, 5) is 24.5. The van der Waals surface area contributed by atoms with E-state index in [0.29, 0.717) is 22.2 Å². The Kier molecular flexibility index (Phi) is 6.18. The molecule has 0 fully saturated rings. The van der Waals surface area contributed by atoms with Crippen LogP contribution in [0.3, 0.4) is 0 Å². The molecule has 0 atom stereocenters. The molecule has 0 saturated heterocycles. The Balaban J connectivity index is 1.72. The molecule has 0 spiro atoms. The van der Waals surface area contributed by atoms with Crippen LogP contribution in [0, 0.1) is 0 Å². The molecule has 1 aromatic heterocycles. The van der Waals surface area contributed by atoms with Crippen molar-refractivity contribution >= 4 is 40.7 Å². The Morgan fingerprint density at radius 1 is 0.964 bits per heavy atom. The van der Waals surface area contributed by atoms with Gasteiger partial charge in [-0.05, 0) is 43.3 Å². The number of ether oxygens (including phenoxy) is 1. The minimum atomic E-state index is -0.510. The maximum atomic E-state index is 12.5. The number of carbonyl (C=O) groups is 2. The van der Waals surface area contributed by atoms with E-state index in [4.69, 9.17) is 16.3 Å². The van der Waals surface area contributed by atoms with Crippen LogP contribution in [-0.4, -0.2) is 28.7 Å². The predicted molar refractivity (Wildman–Crippen MR) is 107 cm³/mol. The fraction of sp³-hybridized carbons (Fsp3) is 0.100. The Bertz CT molecular complexity index is 993. The Labute approximate surface area is 166 Å². The number of hydrogen-bond acceptors (Lipinski definition) is 6. The first-order valence-electron chi connectivity index (χ1n) is 8.51. The lowest BCUT2D eigenvalue weighted by Gasteiger charge is -2.10. The number of para-hydroxylation sites is 2. The van der Waals surface area contributed by atoms with Crippen molar-refractivity contribution in [1.82, 2.24) is 10.2 Å². The molecule has 0 aliphatic rings. The van der Waals surface area contributed by atoms with Gasteiger partial charge in [0.05, 0.1) is 28.6 Å². The lowest BCUT2D eigenvalue weighted by atomic mass is 10.1. The van der Waals surface area contributed by atoms with E-state index in [1.54, 1.807) is 49.4 Å². The van der Waals surface area contributed by atoms with Gasteiger partial charge in [-0.15, -0.1) is 10.2 Å². The second kappa shape index (κ2) is 8.96. The van der Waals surface area contributed by atoms with E-state index in [1.807, 2.05) is 12.1 Å². The van der Waals surface area contributed by atoms with Gasteiger partial charge in [-0.2, -0.15) is 0 Å². The Hall–Kier alpha value is -3.45. The van der Waals surface area contributed by atoms with Crippen LogP contribution in [0.5, 0.6) is 0 Å². The van der Waals surface area contributed by atoms with Gasteiger partial charge in [-0.25, -0.2) is 4.79 Å². The molecule has 2 aromatic carbocycles. The minimum Gasteiger partial charge on any atom is -0.462 e. The summed E-state index contributed by atoms with van der Waals surface area (Å²) in [7, 11) is 0. The van der Waals surface area contributed by atoms with Gasteiger partial charge in [0, 0.05) is 0 Å². The highest BCUT2D eigenvalue weighted by Gasteiger charge is 2.16. The molecule has 0 aliphatic carbocycles. The van der Waals surface area contributed by atoms with Crippen molar-refractivity contribution in [2.24, 2.45) is 0 Å². The van der Waals surface area contributed by atoms with Gasteiger partial charge < -0.3 is 15.4 Å². The summed E-state index contributed by atoms with van der Waals surface area (Å²) < 4.78 is 5.00. The minimum absolute atomic E-state index is 0.100. The summed E-state index contributed by atoms with van der Waals surface area (Å²) in [6.07, 6.45) is 0. The zero-order valence-electron chi connectivity index (χ0n) is 15.0. The zero-order valence-corrected chi connectivity index (χ0v) is 15.7. The van der Waals surface area contributed by atoms with Crippen LogP contribution in [0.1, 0.15) is 27.8 Å². The molecule has 0 bridgehead atoms. The fourth-order valence-electron chi connectivity index (χ4n) is 2.39. The van der Waals surface area contributed by atoms with Gasteiger partial charge in [-0.3, -0.25) is 4.79 Å². The first-order chi connectivity index (χ1) is 13.6. The van der Waals surface area contributed by atoms with E-state index >= 15 is 0 Å². The van der Waals surface area contributed by atoms with Crippen LogP contribution in [0.4, 0.5) is 17.2 Å². The lowest BCUT2D eigenvalue weighted by Crippen LogP contribution is -2.17. The van der Waals surface area contributed by atoms with Gasteiger partial charge in [0.25, 0.3) is 5.91 Å². The third-order valence-electron chi connectivity index (χ3n) is 3.70. The first-order valence-corrected chi connectivity index (χ1v) is 8.89. The fourth-order valence-corrected chi connectivity index (χ4v) is 2.57. The van der Waals surface area contributed by atoms with E-state index in [2.05, 4.69) is 20.8 Å². The molecule has 7 nitrogen and oxygen atoms in total. The second-order valence-corrected chi connectivity index (χ2v) is 6.04. The number of nitrogens with one attached hydrogen (secondary N) is 2. The first kappa shape index (κ1) is 19.3. The third-order valence-corrected chi connectivity index (χ3v) is 4.03. The molecule has 142 valence electrons. The number of aromatic nitrogens is 2. The quantitative estimate of drug-likeness (QED) is 0.603. The molecule has 2 N–H and O–H groups in total. The SMILES string of the molecule is CCOC(=O)c1ccccc1NC(=O)c1ccc(Nc2ccccc2Cl)nn1. The molecule has 8 heteroatoms. The summed E-state index contributed by atoms with van der Waals surface area (Å²) in [5, 5.41) is 14.2.